The smallest absolute Gasteiger partial charge is 0.122 e. The first-order chi connectivity index (χ1) is 7.91. The number of aromatic nitrogens is 3. The van der Waals surface area contributed by atoms with Gasteiger partial charge in [-0.15, -0.1) is 0 Å². The van der Waals surface area contributed by atoms with E-state index in [-0.39, 0.29) is 0 Å². The van der Waals surface area contributed by atoms with Crippen molar-refractivity contribution in [1.82, 2.24) is 14.3 Å². The zero-order chi connectivity index (χ0) is 12.7. The lowest BCUT2D eigenvalue weighted by atomic mass is 10.1. The number of rotatable bonds is 1. The van der Waals surface area contributed by atoms with Crippen LogP contribution in [0.1, 0.15) is 11.1 Å². The Morgan fingerprint density at radius 1 is 1.18 bits per heavy atom. The van der Waals surface area contributed by atoms with Gasteiger partial charge in [-0.25, -0.2) is 0 Å². The van der Waals surface area contributed by atoms with E-state index in [0.717, 1.165) is 27.2 Å². The number of nitrogens with zero attached hydrogens (tertiary/aromatic N) is 3. The van der Waals surface area contributed by atoms with E-state index in [2.05, 4.69) is 18.1 Å². The molecule has 90 valence electrons. The maximum absolute atomic E-state index is 5.81. The van der Waals surface area contributed by atoms with Crippen molar-refractivity contribution >= 4 is 18.0 Å². The van der Waals surface area contributed by atoms with Crippen molar-refractivity contribution in [2.75, 3.05) is 5.73 Å². The number of anilines is 1. The highest BCUT2D eigenvalue weighted by Crippen LogP contribution is 2.24. The molecule has 0 amide bonds. The summed E-state index contributed by atoms with van der Waals surface area (Å²) in [5.41, 5.74) is 9.94. The second kappa shape index (κ2) is 4.00. The predicted molar refractivity (Wildman–Crippen MR) is 72.3 cm³/mol. The molecule has 2 rings (SSSR count). The van der Waals surface area contributed by atoms with Crippen LogP contribution in [0.3, 0.4) is 0 Å². The largest absolute Gasteiger partial charge is 0.384 e. The zero-order valence-corrected chi connectivity index (χ0v) is 11.3. The first-order valence-corrected chi connectivity index (χ1v) is 5.79. The molecule has 2 aromatic rings. The fourth-order valence-corrected chi connectivity index (χ4v) is 2.21. The molecular formula is C12H16N4S. The van der Waals surface area contributed by atoms with Gasteiger partial charge >= 0.3 is 0 Å². The van der Waals surface area contributed by atoms with Crippen molar-refractivity contribution in [2.24, 2.45) is 14.1 Å². The van der Waals surface area contributed by atoms with Crippen LogP contribution in [0.25, 0.3) is 11.4 Å². The van der Waals surface area contributed by atoms with Gasteiger partial charge in [-0.05, 0) is 25.0 Å². The molecule has 0 spiro atoms. The van der Waals surface area contributed by atoms with Gasteiger partial charge in [0.05, 0.1) is 5.69 Å². The van der Waals surface area contributed by atoms with Crippen molar-refractivity contribution in [2.45, 2.75) is 13.8 Å². The van der Waals surface area contributed by atoms with Crippen molar-refractivity contribution in [3.63, 3.8) is 0 Å². The van der Waals surface area contributed by atoms with Crippen LogP contribution in [0.2, 0.25) is 0 Å². The third kappa shape index (κ3) is 1.86. The van der Waals surface area contributed by atoms with Gasteiger partial charge in [-0.1, -0.05) is 18.3 Å². The highest BCUT2D eigenvalue weighted by atomic mass is 32.1. The SMILES string of the molecule is Cc1cc(C)c(=S)n(C)c1-c1cc(N)n(C)n1. The molecule has 0 radical (unpaired) electrons. The van der Waals surface area contributed by atoms with Gasteiger partial charge in [0.15, 0.2) is 0 Å². The normalized spacial score (nSPS) is 10.8. The van der Waals surface area contributed by atoms with Gasteiger partial charge in [0, 0.05) is 20.2 Å². The summed E-state index contributed by atoms with van der Waals surface area (Å²) >= 11 is 5.38. The fourth-order valence-electron chi connectivity index (χ4n) is 2.06. The van der Waals surface area contributed by atoms with E-state index in [9.17, 15) is 0 Å². The molecule has 0 aromatic carbocycles. The van der Waals surface area contributed by atoms with Crippen LogP contribution in [-0.2, 0) is 14.1 Å². The Kier molecular flexibility index (Phi) is 2.79. The third-order valence-electron chi connectivity index (χ3n) is 2.94. The molecule has 0 saturated carbocycles. The Bertz CT molecular complexity index is 617. The summed E-state index contributed by atoms with van der Waals surface area (Å²) in [6.45, 7) is 4.08. The Morgan fingerprint density at radius 2 is 1.82 bits per heavy atom. The average Bonchev–Trinajstić information content (AvgIpc) is 2.56. The van der Waals surface area contributed by atoms with Crippen molar-refractivity contribution < 1.29 is 0 Å². The second-order valence-corrected chi connectivity index (χ2v) is 4.69. The first-order valence-electron chi connectivity index (χ1n) is 5.39. The molecule has 2 heterocycles. The predicted octanol–water partition coefficient (Wildman–Crippen LogP) is 2.35. The van der Waals surface area contributed by atoms with Crippen LogP contribution in [0.5, 0.6) is 0 Å². The molecule has 0 fully saturated rings. The topological polar surface area (TPSA) is 48.8 Å². The molecule has 0 aliphatic carbocycles. The Labute approximate surface area is 106 Å². The summed E-state index contributed by atoms with van der Waals surface area (Å²) in [6, 6.07) is 3.95. The summed E-state index contributed by atoms with van der Waals surface area (Å²) in [7, 11) is 3.79. The van der Waals surface area contributed by atoms with Crippen molar-refractivity contribution in [3.05, 3.63) is 27.9 Å². The number of hydrogen-bond acceptors (Lipinski definition) is 3. The molecule has 0 aliphatic heterocycles. The van der Waals surface area contributed by atoms with Crippen molar-refractivity contribution in [3.8, 4) is 11.4 Å². The van der Waals surface area contributed by atoms with Crippen LogP contribution in [0, 0.1) is 18.5 Å². The lowest BCUT2D eigenvalue weighted by Crippen LogP contribution is -2.03. The lowest BCUT2D eigenvalue weighted by molar-refractivity contribution is 0.774. The minimum atomic E-state index is 0.644. The first kappa shape index (κ1) is 11.9. The Balaban J connectivity index is 2.76. The van der Waals surface area contributed by atoms with Gasteiger partial charge in [-0.2, -0.15) is 5.10 Å². The molecule has 0 saturated heterocycles. The summed E-state index contributed by atoms with van der Waals surface area (Å²) in [4.78, 5) is 0. The van der Waals surface area contributed by atoms with E-state index < -0.39 is 0 Å². The van der Waals surface area contributed by atoms with Gasteiger partial charge in [-0.3, -0.25) is 4.68 Å². The van der Waals surface area contributed by atoms with Gasteiger partial charge < -0.3 is 10.3 Å². The quantitative estimate of drug-likeness (QED) is 0.788. The monoisotopic (exact) mass is 248 g/mol. The number of nitrogen functional groups attached to an aromatic ring is 1. The molecule has 5 heteroatoms. The highest BCUT2D eigenvalue weighted by Gasteiger charge is 2.12. The van der Waals surface area contributed by atoms with Crippen LogP contribution in [0.15, 0.2) is 12.1 Å². The van der Waals surface area contributed by atoms with E-state index in [1.807, 2.05) is 31.7 Å². The summed E-state index contributed by atoms with van der Waals surface area (Å²) in [6.07, 6.45) is 0. The molecule has 17 heavy (non-hydrogen) atoms. The minimum Gasteiger partial charge on any atom is -0.384 e. The Hall–Kier alpha value is -1.62. The number of nitrogens with two attached hydrogens (primary N) is 1. The second-order valence-electron chi connectivity index (χ2n) is 4.30. The van der Waals surface area contributed by atoms with E-state index in [4.69, 9.17) is 18.0 Å². The van der Waals surface area contributed by atoms with E-state index in [1.54, 1.807) is 4.68 Å². The fraction of sp³-hybridized carbons (Fsp3) is 0.333. The summed E-state index contributed by atoms with van der Waals surface area (Å²) in [5.74, 6) is 0.644. The molecule has 0 bridgehead atoms. The maximum Gasteiger partial charge on any atom is 0.122 e. The minimum absolute atomic E-state index is 0.644. The van der Waals surface area contributed by atoms with E-state index >= 15 is 0 Å². The number of pyridine rings is 1. The number of hydrogen-bond donors (Lipinski definition) is 1. The number of aryl methyl sites for hydroxylation is 3. The molecule has 0 unspecified atom stereocenters. The molecular weight excluding hydrogens is 232 g/mol. The van der Waals surface area contributed by atoms with Crippen LogP contribution in [-0.4, -0.2) is 14.3 Å². The van der Waals surface area contributed by atoms with Gasteiger partial charge in [0.1, 0.15) is 16.2 Å². The lowest BCUT2D eigenvalue weighted by Gasteiger charge is -2.12. The Morgan fingerprint density at radius 3 is 2.35 bits per heavy atom. The maximum atomic E-state index is 5.81. The molecule has 4 nitrogen and oxygen atoms in total. The summed E-state index contributed by atoms with van der Waals surface area (Å²) < 4.78 is 4.48. The van der Waals surface area contributed by atoms with Crippen LogP contribution in [0.4, 0.5) is 5.82 Å². The van der Waals surface area contributed by atoms with Gasteiger partial charge in [0.25, 0.3) is 0 Å². The van der Waals surface area contributed by atoms with E-state index in [0.29, 0.717) is 5.82 Å². The molecule has 2 aromatic heterocycles. The summed E-state index contributed by atoms with van der Waals surface area (Å²) in [5, 5.41) is 4.40. The van der Waals surface area contributed by atoms with Gasteiger partial charge in [0.2, 0.25) is 0 Å². The van der Waals surface area contributed by atoms with Crippen molar-refractivity contribution in [1.29, 1.82) is 0 Å². The molecule has 0 aliphatic rings. The zero-order valence-electron chi connectivity index (χ0n) is 10.5. The van der Waals surface area contributed by atoms with E-state index in [1.165, 1.54) is 0 Å². The standard InChI is InChI=1S/C12H16N4S/c1-7-5-8(2)12(17)15(3)11(7)9-6-10(13)16(4)14-9/h5-6H,13H2,1-4H3. The third-order valence-corrected chi connectivity index (χ3v) is 3.54. The van der Waals surface area contributed by atoms with Crippen LogP contribution >= 0.6 is 12.2 Å². The average molecular weight is 248 g/mol. The van der Waals surface area contributed by atoms with Crippen LogP contribution < -0.4 is 5.73 Å². The molecule has 0 atom stereocenters. The molecule has 2 N–H and O–H groups in total. The highest BCUT2D eigenvalue weighted by molar-refractivity contribution is 7.71.